The molecule has 6 nitrogen and oxygen atoms in total. The first-order valence-electron chi connectivity index (χ1n) is 6.55. The summed E-state index contributed by atoms with van der Waals surface area (Å²) in [6.07, 6.45) is -0.283. The Balaban J connectivity index is 2.45. The Morgan fingerprint density at radius 3 is 2.36 bits per heavy atom. The van der Waals surface area contributed by atoms with Crippen LogP contribution >= 0.6 is 11.6 Å². The summed E-state index contributed by atoms with van der Waals surface area (Å²) in [6.45, 7) is 1.14. The van der Waals surface area contributed by atoms with Crippen molar-refractivity contribution >= 4 is 29.3 Å². The maximum atomic E-state index is 12.1. The van der Waals surface area contributed by atoms with Crippen molar-refractivity contribution in [1.82, 2.24) is 4.90 Å². The SMILES string of the molecule is CC(=O)C1=C(O)C(=O)N(CCC(=O)O)C1c1ccc(Cl)cc1. The Bertz CT molecular complexity index is 665. The Labute approximate surface area is 131 Å². The molecule has 0 saturated heterocycles. The van der Waals surface area contributed by atoms with Gasteiger partial charge in [-0.1, -0.05) is 23.7 Å². The number of Topliss-reactive ketones (excluding diaryl/α,β-unsaturated/α-hetero) is 1. The number of benzene rings is 1. The lowest BCUT2D eigenvalue weighted by molar-refractivity contribution is -0.138. The third-order valence-corrected chi connectivity index (χ3v) is 3.69. The van der Waals surface area contributed by atoms with E-state index in [9.17, 15) is 19.5 Å². The molecule has 1 atom stereocenters. The molecule has 2 N–H and O–H groups in total. The molecule has 0 saturated carbocycles. The Morgan fingerprint density at radius 2 is 1.86 bits per heavy atom. The van der Waals surface area contributed by atoms with Gasteiger partial charge in [-0.2, -0.15) is 0 Å². The average Bonchev–Trinajstić information content (AvgIpc) is 2.70. The Hall–Kier alpha value is -2.34. The van der Waals surface area contributed by atoms with Crippen LogP contribution in [0.3, 0.4) is 0 Å². The van der Waals surface area contributed by atoms with Gasteiger partial charge in [0.1, 0.15) is 0 Å². The molecule has 0 radical (unpaired) electrons. The van der Waals surface area contributed by atoms with Crippen molar-refractivity contribution in [3.05, 3.63) is 46.2 Å². The number of aliphatic hydroxyl groups is 1. The van der Waals surface area contributed by atoms with Gasteiger partial charge in [-0.3, -0.25) is 14.4 Å². The number of rotatable bonds is 5. The van der Waals surface area contributed by atoms with E-state index in [1.807, 2.05) is 0 Å². The first-order chi connectivity index (χ1) is 10.3. The minimum absolute atomic E-state index is 0.0299. The lowest BCUT2D eigenvalue weighted by atomic mass is 9.97. The zero-order valence-electron chi connectivity index (χ0n) is 11.7. The molecule has 22 heavy (non-hydrogen) atoms. The number of hydrogen-bond acceptors (Lipinski definition) is 4. The number of carboxylic acid groups (broad SMARTS) is 1. The van der Waals surface area contributed by atoms with Gasteiger partial charge in [0, 0.05) is 11.6 Å². The molecule has 1 aliphatic rings. The van der Waals surface area contributed by atoms with Crippen LogP contribution in [0.4, 0.5) is 0 Å². The smallest absolute Gasteiger partial charge is 0.305 e. The molecule has 1 unspecified atom stereocenters. The molecule has 0 bridgehead atoms. The molecule has 1 amide bonds. The van der Waals surface area contributed by atoms with Crippen LogP contribution in [-0.4, -0.2) is 39.3 Å². The number of carbonyl (C=O) groups is 3. The van der Waals surface area contributed by atoms with E-state index in [0.29, 0.717) is 10.6 Å². The number of nitrogens with zero attached hydrogens (tertiary/aromatic N) is 1. The maximum Gasteiger partial charge on any atom is 0.305 e. The van der Waals surface area contributed by atoms with E-state index < -0.39 is 29.5 Å². The molecule has 0 aliphatic carbocycles. The number of carboxylic acids is 1. The van der Waals surface area contributed by atoms with E-state index in [2.05, 4.69) is 0 Å². The number of hydrogen-bond donors (Lipinski definition) is 2. The third kappa shape index (κ3) is 2.96. The summed E-state index contributed by atoms with van der Waals surface area (Å²) in [5.41, 5.74) is 0.551. The predicted octanol–water partition coefficient (Wildman–Crippen LogP) is 2.10. The fourth-order valence-corrected chi connectivity index (χ4v) is 2.58. The van der Waals surface area contributed by atoms with Gasteiger partial charge in [0.15, 0.2) is 11.5 Å². The molecule has 0 fully saturated rings. The fraction of sp³-hybridized carbons (Fsp3) is 0.267. The van der Waals surface area contributed by atoms with Crippen molar-refractivity contribution in [3.8, 4) is 0 Å². The van der Waals surface area contributed by atoms with Gasteiger partial charge < -0.3 is 15.1 Å². The second-order valence-corrected chi connectivity index (χ2v) is 5.35. The first kappa shape index (κ1) is 16.0. The van der Waals surface area contributed by atoms with Crippen molar-refractivity contribution < 1.29 is 24.6 Å². The van der Waals surface area contributed by atoms with Gasteiger partial charge in [-0.25, -0.2) is 0 Å². The third-order valence-electron chi connectivity index (χ3n) is 3.44. The maximum absolute atomic E-state index is 12.1. The summed E-state index contributed by atoms with van der Waals surface area (Å²) in [6, 6.07) is 5.67. The quantitative estimate of drug-likeness (QED) is 0.865. The summed E-state index contributed by atoms with van der Waals surface area (Å²) in [5, 5.41) is 19.2. The average molecular weight is 324 g/mol. The molecule has 1 aromatic carbocycles. The van der Waals surface area contributed by atoms with Crippen LogP contribution < -0.4 is 0 Å². The number of amides is 1. The normalized spacial score (nSPS) is 18.0. The summed E-state index contributed by atoms with van der Waals surface area (Å²) in [7, 11) is 0. The van der Waals surface area contributed by atoms with Crippen LogP contribution in [-0.2, 0) is 14.4 Å². The highest BCUT2D eigenvalue weighted by molar-refractivity contribution is 6.30. The molecule has 116 valence electrons. The first-order valence-corrected chi connectivity index (χ1v) is 6.93. The second-order valence-electron chi connectivity index (χ2n) is 4.91. The van der Waals surface area contributed by atoms with Crippen LogP contribution in [0.15, 0.2) is 35.6 Å². The topological polar surface area (TPSA) is 94.9 Å². The van der Waals surface area contributed by atoms with Crippen molar-refractivity contribution in [3.63, 3.8) is 0 Å². The van der Waals surface area contributed by atoms with Crippen LogP contribution in [0, 0.1) is 0 Å². The van der Waals surface area contributed by atoms with Crippen LogP contribution in [0.5, 0.6) is 0 Å². The van der Waals surface area contributed by atoms with E-state index in [0.717, 1.165) is 0 Å². The van der Waals surface area contributed by atoms with Gasteiger partial charge in [0.05, 0.1) is 18.0 Å². The highest BCUT2D eigenvalue weighted by Crippen LogP contribution is 2.37. The number of aliphatic carboxylic acids is 1. The highest BCUT2D eigenvalue weighted by atomic mass is 35.5. The van der Waals surface area contributed by atoms with Gasteiger partial charge in [-0.05, 0) is 24.6 Å². The molecule has 2 rings (SSSR count). The van der Waals surface area contributed by atoms with Gasteiger partial charge in [0.2, 0.25) is 0 Å². The minimum Gasteiger partial charge on any atom is -0.503 e. The second kappa shape index (κ2) is 6.19. The summed E-state index contributed by atoms with van der Waals surface area (Å²) >= 11 is 5.83. The van der Waals surface area contributed by atoms with E-state index >= 15 is 0 Å². The van der Waals surface area contributed by atoms with Crippen LogP contribution in [0.25, 0.3) is 0 Å². The lowest BCUT2D eigenvalue weighted by Gasteiger charge is -2.26. The molecular formula is C15H14ClNO5. The number of halogens is 1. The van der Waals surface area contributed by atoms with Crippen molar-refractivity contribution in [2.24, 2.45) is 0 Å². The minimum atomic E-state index is -1.07. The molecular weight excluding hydrogens is 310 g/mol. The zero-order valence-corrected chi connectivity index (χ0v) is 12.5. The van der Waals surface area contributed by atoms with E-state index in [-0.39, 0.29) is 18.5 Å². The lowest BCUT2D eigenvalue weighted by Crippen LogP contribution is -2.33. The Morgan fingerprint density at radius 1 is 1.27 bits per heavy atom. The summed E-state index contributed by atoms with van der Waals surface area (Å²) in [4.78, 5) is 35.9. The number of aliphatic hydroxyl groups excluding tert-OH is 1. The van der Waals surface area contributed by atoms with Crippen LogP contribution in [0.2, 0.25) is 5.02 Å². The summed E-state index contributed by atoms with van der Waals surface area (Å²) in [5.74, 6) is -2.88. The van der Waals surface area contributed by atoms with E-state index in [4.69, 9.17) is 16.7 Å². The molecule has 1 aromatic rings. The number of carbonyl (C=O) groups excluding carboxylic acids is 2. The van der Waals surface area contributed by atoms with Gasteiger partial charge in [0.25, 0.3) is 5.91 Å². The summed E-state index contributed by atoms with van der Waals surface area (Å²) < 4.78 is 0. The van der Waals surface area contributed by atoms with Crippen LogP contribution in [0.1, 0.15) is 24.9 Å². The largest absolute Gasteiger partial charge is 0.503 e. The predicted molar refractivity (Wildman–Crippen MR) is 78.5 cm³/mol. The van der Waals surface area contributed by atoms with E-state index in [1.165, 1.54) is 11.8 Å². The fourth-order valence-electron chi connectivity index (χ4n) is 2.45. The number of ketones is 1. The molecule has 0 aromatic heterocycles. The van der Waals surface area contributed by atoms with Gasteiger partial charge >= 0.3 is 5.97 Å². The van der Waals surface area contributed by atoms with Crippen molar-refractivity contribution in [1.29, 1.82) is 0 Å². The van der Waals surface area contributed by atoms with Crippen molar-refractivity contribution in [2.45, 2.75) is 19.4 Å². The van der Waals surface area contributed by atoms with Gasteiger partial charge in [-0.15, -0.1) is 0 Å². The molecule has 1 aliphatic heterocycles. The molecule has 0 spiro atoms. The molecule has 7 heteroatoms. The standard InChI is InChI=1S/C15H14ClNO5/c1-8(18)12-13(9-2-4-10(16)5-3-9)17(7-6-11(19)20)15(22)14(12)21/h2-5,13,21H,6-7H2,1H3,(H,19,20). The molecule has 1 heterocycles. The Kier molecular flexibility index (Phi) is 4.51. The van der Waals surface area contributed by atoms with E-state index in [1.54, 1.807) is 24.3 Å². The monoisotopic (exact) mass is 323 g/mol. The highest BCUT2D eigenvalue weighted by Gasteiger charge is 2.42. The zero-order chi connectivity index (χ0) is 16.4. The van der Waals surface area contributed by atoms with Crippen molar-refractivity contribution in [2.75, 3.05) is 6.54 Å².